The second kappa shape index (κ2) is 5.57. The maximum atomic E-state index is 12.8. The molecule has 1 aliphatic rings. The summed E-state index contributed by atoms with van der Waals surface area (Å²) in [6.45, 7) is 1.45. The van der Waals surface area contributed by atoms with Crippen molar-refractivity contribution in [3.8, 4) is 5.75 Å². The number of benzene rings is 1. The summed E-state index contributed by atoms with van der Waals surface area (Å²) in [7, 11) is 1.64. The van der Waals surface area contributed by atoms with Gasteiger partial charge in [-0.3, -0.25) is 4.79 Å². The van der Waals surface area contributed by atoms with Gasteiger partial charge in [-0.1, -0.05) is 12.1 Å². The van der Waals surface area contributed by atoms with Crippen LogP contribution in [0.25, 0.3) is 10.8 Å². The summed E-state index contributed by atoms with van der Waals surface area (Å²) in [5, 5.41) is 6.18. The van der Waals surface area contributed by atoms with Crippen LogP contribution < -0.4 is 10.3 Å². The largest absolute Gasteiger partial charge is 0.497 e. The third kappa shape index (κ3) is 2.42. The van der Waals surface area contributed by atoms with Gasteiger partial charge in [0.05, 0.1) is 25.2 Å². The van der Waals surface area contributed by atoms with Crippen LogP contribution in [0.2, 0.25) is 0 Å². The Bertz CT molecular complexity index is 924. The molecule has 3 aromatic rings. The predicted octanol–water partition coefficient (Wildman–Crippen LogP) is 2.59. The fourth-order valence-electron chi connectivity index (χ4n) is 3.36. The average Bonchev–Trinajstić information content (AvgIpc) is 2.97. The number of nitrogens with zero attached hydrogens (tertiary/aromatic N) is 3. The summed E-state index contributed by atoms with van der Waals surface area (Å²) in [5.74, 6) is 0.788. The zero-order valence-corrected chi connectivity index (χ0v) is 13.2. The smallest absolute Gasteiger partial charge is 0.276 e. The van der Waals surface area contributed by atoms with Crippen LogP contribution in [0, 0.1) is 0 Å². The molecule has 5 heteroatoms. The van der Waals surface area contributed by atoms with E-state index in [1.54, 1.807) is 7.11 Å². The van der Waals surface area contributed by atoms with Crippen molar-refractivity contribution in [1.82, 2.24) is 14.3 Å². The molecule has 4 rings (SSSR count). The lowest BCUT2D eigenvalue weighted by molar-refractivity contribution is 0.414. The Morgan fingerprint density at radius 2 is 2.17 bits per heavy atom. The van der Waals surface area contributed by atoms with E-state index in [4.69, 9.17) is 4.74 Å². The van der Waals surface area contributed by atoms with Gasteiger partial charge in [0.1, 0.15) is 5.75 Å². The average molecular weight is 309 g/mol. The first-order valence-corrected chi connectivity index (χ1v) is 7.97. The zero-order chi connectivity index (χ0) is 15.8. The molecule has 0 aliphatic carbocycles. The van der Waals surface area contributed by atoms with Crippen LogP contribution in [0.4, 0.5) is 0 Å². The molecule has 1 aliphatic heterocycles. The Hall–Kier alpha value is -2.56. The van der Waals surface area contributed by atoms with Crippen LogP contribution in [0.3, 0.4) is 0 Å². The number of methoxy groups -OCH3 is 1. The minimum absolute atomic E-state index is 0.0211. The Morgan fingerprint density at radius 1 is 1.26 bits per heavy atom. The highest BCUT2D eigenvalue weighted by atomic mass is 16.5. The highest BCUT2D eigenvalue weighted by Gasteiger charge is 2.16. The molecule has 118 valence electrons. The Labute approximate surface area is 134 Å². The van der Waals surface area contributed by atoms with E-state index in [9.17, 15) is 4.79 Å². The van der Waals surface area contributed by atoms with Gasteiger partial charge >= 0.3 is 0 Å². The quantitative estimate of drug-likeness (QED) is 0.747. The minimum Gasteiger partial charge on any atom is -0.497 e. The second-order valence-electron chi connectivity index (χ2n) is 6.01. The number of fused-ring (bicyclic) bond motifs is 3. The van der Waals surface area contributed by atoms with E-state index >= 15 is 0 Å². The molecular formula is C18H19N3O2. The lowest BCUT2D eigenvalue weighted by atomic mass is 10.1. The molecule has 0 saturated heterocycles. The summed E-state index contributed by atoms with van der Waals surface area (Å²) in [4.78, 5) is 12.8. The molecule has 0 fully saturated rings. The van der Waals surface area contributed by atoms with Crippen molar-refractivity contribution in [1.29, 1.82) is 0 Å². The van der Waals surface area contributed by atoms with Gasteiger partial charge in [-0.25, -0.2) is 4.68 Å². The molecule has 0 unspecified atom stereocenters. The molecule has 5 nitrogen and oxygen atoms in total. The highest BCUT2D eigenvalue weighted by Crippen LogP contribution is 2.24. The molecule has 1 aromatic carbocycles. The summed E-state index contributed by atoms with van der Waals surface area (Å²) in [6, 6.07) is 7.73. The fraction of sp³-hybridized carbons (Fsp3) is 0.333. The highest BCUT2D eigenvalue weighted by molar-refractivity contribution is 5.84. The van der Waals surface area contributed by atoms with Crippen LogP contribution in [-0.4, -0.2) is 21.5 Å². The van der Waals surface area contributed by atoms with E-state index < -0.39 is 0 Å². The summed E-state index contributed by atoms with van der Waals surface area (Å²) >= 11 is 0. The van der Waals surface area contributed by atoms with Crippen molar-refractivity contribution >= 4 is 10.8 Å². The van der Waals surface area contributed by atoms with E-state index in [0.29, 0.717) is 6.54 Å². The van der Waals surface area contributed by atoms with E-state index in [1.165, 1.54) is 23.2 Å². The third-order valence-electron chi connectivity index (χ3n) is 4.55. The molecule has 0 atom stereocenters. The summed E-state index contributed by atoms with van der Waals surface area (Å²) < 4.78 is 8.98. The lowest BCUT2D eigenvalue weighted by Crippen LogP contribution is -2.22. The molecule has 0 bridgehead atoms. The van der Waals surface area contributed by atoms with E-state index in [-0.39, 0.29) is 5.56 Å². The SMILES string of the molecule is COc1cccc(Cn2ncc3c4n(cc3c2=O)CCCC4)c1. The van der Waals surface area contributed by atoms with Crippen molar-refractivity contribution < 1.29 is 4.74 Å². The van der Waals surface area contributed by atoms with Gasteiger partial charge < -0.3 is 9.30 Å². The molecule has 0 saturated carbocycles. The van der Waals surface area contributed by atoms with Gasteiger partial charge in [-0.05, 0) is 37.0 Å². The first-order valence-electron chi connectivity index (χ1n) is 7.97. The van der Waals surface area contributed by atoms with Gasteiger partial charge in [0, 0.05) is 23.8 Å². The number of hydrogen-bond acceptors (Lipinski definition) is 3. The van der Waals surface area contributed by atoms with Gasteiger partial charge in [0.2, 0.25) is 0 Å². The molecule has 0 amide bonds. The van der Waals surface area contributed by atoms with E-state index in [1.807, 2.05) is 36.7 Å². The number of ether oxygens (including phenoxy) is 1. The van der Waals surface area contributed by atoms with Crippen LogP contribution >= 0.6 is 0 Å². The minimum atomic E-state index is -0.0211. The first kappa shape index (κ1) is 14.1. The zero-order valence-electron chi connectivity index (χ0n) is 13.2. The standard InChI is InChI=1S/C18H19N3O2/c1-23-14-6-4-5-13(9-14)11-21-18(22)16-12-20-8-3-2-7-17(20)15(16)10-19-21/h4-6,9-10,12H,2-3,7-8,11H2,1H3. The maximum Gasteiger partial charge on any atom is 0.276 e. The monoisotopic (exact) mass is 309 g/mol. The predicted molar refractivity (Wildman–Crippen MR) is 89.0 cm³/mol. The van der Waals surface area contributed by atoms with Gasteiger partial charge in [0.15, 0.2) is 0 Å². The molecule has 0 spiro atoms. The number of aryl methyl sites for hydroxylation is 2. The van der Waals surface area contributed by atoms with Crippen molar-refractivity contribution in [3.63, 3.8) is 0 Å². The van der Waals surface area contributed by atoms with Crippen LogP contribution in [-0.2, 0) is 19.5 Å². The first-order chi connectivity index (χ1) is 11.3. The van der Waals surface area contributed by atoms with Gasteiger partial charge in [-0.15, -0.1) is 0 Å². The summed E-state index contributed by atoms with van der Waals surface area (Å²) in [5.41, 5.74) is 2.24. The van der Waals surface area contributed by atoms with Crippen molar-refractivity contribution in [3.05, 3.63) is 58.3 Å². The normalized spacial score (nSPS) is 14.0. The van der Waals surface area contributed by atoms with E-state index in [0.717, 1.165) is 35.1 Å². The number of aromatic nitrogens is 3. The van der Waals surface area contributed by atoms with Gasteiger partial charge in [-0.2, -0.15) is 5.10 Å². The maximum absolute atomic E-state index is 12.8. The lowest BCUT2D eigenvalue weighted by Gasteiger charge is -2.14. The molecule has 23 heavy (non-hydrogen) atoms. The van der Waals surface area contributed by atoms with Crippen molar-refractivity contribution in [2.75, 3.05) is 7.11 Å². The molecule has 2 aromatic heterocycles. The number of rotatable bonds is 3. The Kier molecular flexibility index (Phi) is 3.41. The van der Waals surface area contributed by atoms with Crippen LogP contribution in [0.1, 0.15) is 24.1 Å². The van der Waals surface area contributed by atoms with E-state index in [2.05, 4.69) is 9.67 Å². The van der Waals surface area contributed by atoms with Crippen LogP contribution in [0.5, 0.6) is 5.75 Å². The fourth-order valence-corrected chi connectivity index (χ4v) is 3.36. The second-order valence-corrected chi connectivity index (χ2v) is 6.01. The molecular weight excluding hydrogens is 290 g/mol. The van der Waals surface area contributed by atoms with Crippen LogP contribution in [0.15, 0.2) is 41.5 Å². The van der Waals surface area contributed by atoms with Gasteiger partial charge in [0.25, 0.3) is 5.56 Å². The molecule has 3 heterocycles. The topological polar surface area (TPSA) is 49.0 Å². The third-order valence-corrected chi connectivity index (χ3v) is 4.55. The number of hydrogen-bond donors (Lipinski definition) is 0. The summed E-state index contributed by atoms with van der Waals surface area (Å²) in [6.07, 6.45) is 7.24. The Morgan fingerprint density at radius 3 is 3.04 bits per heavy atom. The molecule has 0 N–H and O–H groups in total. The van der Waals surface area contributed by atoms with Crippen molar-refractivity contribution in [2.45, 2.75) is 32.4 Å². The molecule has 0 radical (unpaired) electrons. The Balaban J connectivity index is 1.76. The van der Waals surface area contributed by atoms with Crippen molar-refractivity contribution in [2.24, 2.45) is 0 Å².